The summed E-state index contributed by atoms with van der Waals surface area (Å²) in [6, 6.07) is 0. The molecule has 0 aliphatic carbocycles. The Kier molecular flexibility index (Phi) is 4.54. The molecule has 16 heavy (non-hydrogen) atoms. The number of aromatic nitrogens is 2. The maximum atomic E-state index is 4.44. The molecule has 5 heteroatoms. The van der Waals surface area contributed by atoms with Gasteiger partial charge in [-0.1, -0.05) is 6.92 Å². The zero-order valence-corrected chi connectivity index (χ0v) is 10.6. The van der Waals surface area contributed by atoms with Crippen LogP contribution in [-0.2, 0) is 6.42 Å². The van der Waals surface area contributed by atoms with Crippen molar-refractivity contribution in [3.63, 3.8) is 0 Å². The molecule has 1 aliphatic rings. The zero-order valence-electron chi connectivity index (χ0n) is 9.83. The molecule has 2 N–H and O–H groups in total. The molecule has 4 nitrogen and oxygen atoms in total. The van der Waals surface area contributed by atoms with Gasteiger partial charge in [0.2, 0.25) is 5.13 Å². The quantitative estimate of drug-likeness (QED) is 0.797. The van der Waals surface area contributed by atoms with Gasteiger partial charge in [0.15, 0.2) is 0 Å². The molecule has 0 amide bonds. The minimum Gasteiger partial charge on any atom is -0.360 e. The van der Waals surface area contributed by atoms with E-state index >= 15 is 0 Å². The van der Waals surface area contributed by atoms with Crippen molar-refractivity contribution in [2.24, 2.45) is 5.92 Å². The van der Waals surface area contributed by atoms with Crippen LogP contribution in [0.1, 0.15) is 32.0 Å². The fourth-order valence-electron chi connectivity index (χ4n) is 1.99. The molecule has 0 spiro atoms. The minimum absolute atomic E-state index is 0.843. The third-order valence-corrected chi connectivity index (χ3v) is 3.64. The van der Waals surface area contributed by atoms with E-state index in [-0.39, 0.29) is 0 Å². The van der Waals surface area contributed by atoms with Gasteiger partial charge in [-0.15, -0.1) is 0 Å². The van der Waals surface area contributed by atoms with Crippen molar-refractivity contribution in [1.29, 1.82) is 0 Å². The van der Waals surface area contributed by atoms with Gasteiger partial charge in [-0.3, -0.25) is 0 Å². The second-order valence-corrected chi connectivity index (χ2v) is 5.09. The van der Waals surface area contributed by atoms with Crippen LogP contribution >= 0.6 is 11.5 Å². The fraction of sp³-hybridized carbons (Fsp3) is 0.818. The van der Waals surface area contributed by atoms with Gasteiger partial charge in [0, 0.05) is 24.5 Å². The van der Waals surface area contributed by atoms with Gasteiger partial charge in [-0.2, -0.15) is 4.37 Å². The summed E-state index contributed by atoms with van der Waals surface area (Å²) in [7, 11) is 0. The summed E-state index contributed by atoms with van der Waals surface area (Å²) in [6.45, 7) is 5.54. The summed E-state index contributed by atoms with van der Waals surface area (Å²) in [5, 5.41) is 7.74. The van der Waals surface area contributed by atoms with Gasteiger partial charge in [0.25, 0.3) is 0 Å². The summed E-state index contributed by atoms with van der Waals surface area (Å²) < 4.78 is 4.31. The molecule has 1 unspecified atom stereocenters. The first-order valence-electron chi connectivity index (χ1n) is 6.15. The Hall–Kier alpha value is -0.680. The lowest BCUT2D eigenvalue weighted by molar-refractivity contribution is 0.549. The Bertz CT molecular complexity index is 307. The predicted octanol–water partition coefficient (Wildman–Crippen LogP) is 1.90. The topological polar surface area (TPSA) is 49.8 Å². The number of nitrogens with one attached hydrogen (secondary N) is 2. The van der Waals surface area contributed by atoms with Crippen molar-refractivity contribution in [2.75, 3.05) is 25.0 Å². The lowest BCUT2D eigenvalue weighted by Gasteiger charge is -2.07. The zero-order chi connectivity index (χ0) is 11.2. The highest BCUT2D eigenvalue weighted by molar-refractivity contribution is 7.09. The number of nitrogens with zero attached hydrogens (tertiary/aromatic N) is 2. The fourth-order valence-corrected chi connectivity index (χ4v) is 2.63. The third kappa shape index (κ3) is 3.42. The molecule has 2 heterocycles. The van der Waals surface area contributed by atoms with Crippen LogP contribution in [0, 0.1) is 5.92 Å². The Morgan fingerprint density at radius 3 is 3.25 bits per heavy atom. The summed E-state index contributed by atoms with van der Waals surface area (Å²) in [4.78, 5) is 4.44. The first kappa shape index (κ1) is 11.8. The number of rotatable bonds is 6. The Labute approximate surface area is 101 Å². The van der Waals surface area contributed by atoms with Gasteiger partial charge >= 0.3 is 0 Å². The van der Waals surface area contributed by atoms with Crippen molar-refractivity contribution in [2.45, 2.75) is 32.6 Å². The summed E-state index contributed by atoms with van der Waals surface area (Å²) in [5.41, 5.74) is 0. The Morgan fingerprint density at radius 2 is 2.50 bits per heavy atom. The first-order chi connectivity index (χ1) is 7.88. The standard InChI is InChI=1S/C11H20N4S/c1-2-3-10-14-11(16-15-10)13-7-5-9-4-6-12-8-9/h9,12H,2-8H2,1H3,(H,13,14,15). The molecule has 1 aliphatic heterocycles. The van der Waals surface area contributed by atoms with E-state index in [1.807, 2.05) is 0 Å². The number of anilines is 1. The SMILES string of the molecule is CCCc1nsc(NCCC2CCNC2)n1. The van der Waals surface area contributed by atoms with E-state index in [0.717, 1.165) is 36.3 Å². The Balaban J connectivity index is 1.67. The van der Waals surface area contributed by atoms with Gasteiger partial charge in [-0.05, 0) is 38.3 Å². The van der Waals surface area contributed by atoms with Crippen LogP contribution in [0.15, 0.2) is 0 Å². The summed E-state index contributed by atoms with van der Waals surface area (Å²) in [6.07, 6.45) is 4.66. The number of hydrogen-bond acceptors (Lipinski definition) is 5. The molecular formula is C11H20N4S. The molecule has 1 fully saturated rings. The van der Waals surface area contributed by atoms with Crippen LogP contribution in [0.4, 0.5) is 5.13 Å². The summed E-state index contributed by atoms with van der Waals surface area (Å²) >= 11 is 1.48. The van der Waals surface area contributed by atoms with E-state index in [1.165, 1.54) is 37.5 Å². The van der Waals surface area contributed by atoms with Crippen molar-refractivity contribution in [1.82, 2.24) is 14.7 Å². The van der Waals surface area contributed by atoms with Crippen LogP contribution < -0.4 is 10.6 Å². The van der Waals surface area contributed by atoms with Crippen molar-refractivity contribution < 1.29 is 0 Å². The molecule has 1 aromatic heterocycles. The van der Waals surface area contributed by atoms with Crippen LogP contribution in [0.25, 0.3) is 0 Å². The monoisotopic (exact) mass is 240 g/mol. The van der Waals surface area contributed by atoms with E-state index in [2.05, 4.69) is 26.9 Å². The average molecular weight is 240 g/mol. The van der Waals surface area contributed by atoms with E-state index in [4.69, 9.17) is 0 Å². The maximum absolute atomic E-state index is 4.44. The highest BCUT2D eigenvalue weighted by Crippen LogP contribution is 2.15. The smallest absolute Gasteiger partial charge is 0.202 e. The molecule has 90 valence electrons. The highest BCUT2D eigenvalue weighted by Gasteiger charge is 2.13. The second kappa shape index (κ2) is 6.15. The molecule has 1 saturated heterocycles. The van der Waals surface area contributed by atoms with Crippen LogP contribution in [-0.4, -0.2) is 29.0 Å². The normalized spacial score (nSPS) is 20.2. The third-order valence-electron chi connectivity index (χ3n) is 2.93. The molecule has 0 bridgehead atoms. The summed E-state index contributed by atoms with van der Waals surface area (Å²) in [5.74, 6) is 1.83. The van der Waals surface area contributed by atoms with Gasteiger partial charge in [0.05, 0.1) is 0 Å². The first-order valence-corrected chi connectivity index (χ1v) is 6.93. The van der Waals surface area contributed by atoms with Gasteiger partial charge in [0.1, 0.15) is 5.82 Å². The Morgan fingerprint density at radius 1 is 1.56 bits per heavy atom. The lowest BCUT2D eigenvalue weighted by Crippen LogP contribution is -2.12. The van der Waals surface area contributed by atoms with Crippen LogP contribution in [0.2, 0.25) is 0 Å². The minimum atomic E-state index is 0.843. The van der Waals surface area contributed by atoms with Crippen molar-refractivity contribution >= 4 is 16.7 Å². The maximum Gasteiger partial charge on any atom is 0.202 e. The number of aryl methyl sites for hydroxylation is 1. The van der Waals surface area contributed by atoms with Crippen molar-refractivity contribution in [3.8, 4) is 0 Å². The molecule has 1 atom stereocenters. The van der Waals surface area contributed by atoms with Gasteiger partial charge < -0.3 is 10.6 Å². The highest BCUT2D eigenvalue weighted by atomic mass is 32.1. The largest absolute Gasteiger partial charge is 0.360 e. The molecule has 0 saturated carbocycles. The second-order valence-electron chi connectivity index (χ2n) is 4.34. The lowest BCUT2D eigenvalue weighted by atomic mass is 10.1. The molecule has 1 aromatic rings. The van der Waals surface area contributed by atoms with Gasteiger partial charge in [-0.25, -0.2) is 4.98 Å². The van der Waals surface area contributed by atoms with Crippen molar-refractivity contribution in [3.05, 3.63) is 5.82 Å². The molecule has 2 rings (SSSR count). The van der Waals surface area contributed by atoms with E-state index < -0.39 is 0 Å². The van der Waals surface area contributed by atoms with E-state index in [0.29, 0.717) is 0 Å². The number of hydrogen-bond donors (Lipinski definition) is 2. The van der Waals surface area contributed by atoms with E-state index in [9.17, 15) is 0 Å². The molecule has 0 radical (unpaired) electrons. The molecule has 0 aromatic carbocycles. The molecular weight excluding hydrogens is 220 g/mol. The van der Waals surface area contributed by atoms with Crippen LogP contribution in [0.5, 0.6) is 0 Å². The van der Waals surface area contributed by atoms with Crippen LogP contribution in [0.3, 0.4) is 0 Å². The predicted molar refractivity (Wildman–Crippen MR) is 68.0 cm³/mol. The average Bonchev–Trinajstić information content (AvgIpc) is 2.90. The van der Waals surface area contributed by atoms with E-state index in [1.54, 1.807) is 0 Å².